The Bertz CT molecular complexity index is 461. The molecule has 1 saturated heterocycles. The van der Waals surface area contributed by atoms with Crippen molar-refractivity contribution in [1.82, 2.24) is 5.32 Å². The van der Waals surface area contributed by atoms with Gasteiger partial charge in [-0.3, -0.25) is 4.79 Å². The SMILES string of the molecule is CC[C@H]1O[C@@H](OCCOCCOCCOCC(=O)O)[C@H](NC(C)=O)[C@@H](C)[C@H]1C. The Morgan fingerprint density at radius 3 is 2.07 bits per heavy atom. The molecule has 0 aromatic carbocycles. The number of nitrogens with one attached hydrogen (secondary N) is 1. The number of rotatable bonds is 14. The largest absolute Gasteiger partial charge is 0.480 e. The minimum atomic E-state index is -1.000. The van der Waals surface area contributed by atoms with E-state index in [1.807, 2.05) is 0 Å². The summed E-state index contributed by atoms with van der Waals surface area (Å²) in [5.41, 5.74) is 0. The van der Waals surface area contributed by atoms with Gasteiger partial charge < -0.3 is 34.1 Å². The normalized spacial score (nSPS) is 27.5. The zero-order valence-corrected chi connectivity index (χ0v) is 17.3. The van der Waals surface area contributed by atoms with Gasteiger partial charge in [0.25, 0.3) is 0 Å². The van der Waals surface area contributed by atoms with Crippen molar-refractivity contribution in [2.45, 2.75) is 52.6 Å². The second kappa shape index (κ2) is 13.8. The summed E-state index contributed by atoms with van der Waals surface area (Å²) in [6.07, 6.45) is 0.497. The molecule has 0 spiro atoms. The number of hydrogen-bond acceptors (Lipinski definition) is 7. The molecule has 2 N–H and O–H groups in total. The van der Waals surface area contributed by atoms with Gasteiger partial charge in [-0.1, -0.05) is 20.8 Å². The van der Waals surface area contributed by atoms with Crippen LogP contribution in [0.1, 0.15) is 34.1 Å². The first kappa shape index (κ1) is 24.8. The highest BCUT2D eigenvalue weighted by molar-refractivity contribution is 5.73. The maximum absolute atomic E-state index is 11.5. The number of carboxylic acid groups (broad SMARTS) is 1. The number of carboxylic acids is 1. The van der Waals surface area contributed by atoms with E-state index in [0.717, 1.165) is 6.42 Å². The van der Waals surface area contributed by atoms with Crippen molar-refractivity contribution in [2.24, 2.45) is 11.8 Å². The number of hydrogen-bond donors (Lipinski definition) is 2. The lowest BCUT2D eigenvalue weighted by Crippen LogP contribution is -2.57. The van der Waals surface area contributed by atoms with Crippen LogP contribution in [0, 0.1) is 11.8 Å². The van der Waals surface area contributed by atoms with Crippen molar-refractivity contribution in [3.8, 4) is 0 Å². The van der Waals surface area contributed by atoms with E-state index in [0.29, 0.717) is 39.0 Å². The lowest BCUT2D eigenvalue weighted by molar-refractivity contribution is -0.239. The molecule has 1 amide bonds. The van der Waals surface area contributed by atoms with Crippen molar-refractivity contribution < 1.29 is 38.4 Å². The molecule has 0 unspecified atom stereocenters. The summed E-state index contributed by atoms with van der Waals surface area (Å²) in [4.78, 5) is 21.8. The zero-order chi connectivity index (χ0) is 20.9. The second-order valence-electron chi connectivity index (χ2n) is 6.94. The van der Waals surface area contributed by atoms with E-state index in [9.17, 15) is 9.59 Å². The number of carbonyl (C=O) groups is 2. The smallest absolute Gasteiger partial charge is 0.329 e. The second-order valence-corrected chi connectivity index (χ2v) is 6.94. The van der Waals surface area contributed by atoms with Crippen molar-refractivity contribution in [1.29, 1.82) is 0 Å². The summed E-state index contributed by atoms with van der Waals surface area (Å²) in [7, 11) is 0. The molecule has 28 heavy (non-hydrogen) atoms. The molecule has 1 rings (SSSR count). The van der Waals surface area contributed by atoms with Crippen LogP contribution in [0.15, 0.2) is 0 Å². The number of aliphatic carboxylic acids is 1. The highest BCUT2D eigenvalue weighted by Crippen LogP contribution is 2.32. The minimum Gasteiger partial charge on any atom is -0.480 e. The third kappa shape index (κ3) is 9.29. The standard InChI is InChI=1S/C19H35NO8/c1-5-16-13(2)14(3)18(20-15(4)21)19(28-16)27-11-10-25-7-6-24-8-9-26-12-17(22)23/h13-14,16,18-19H,5-12H2,1-4H3,(H,20,21)(H,22,23)/t13-,14+,16-,18-,19-/m1/s1. The summed E-state index contributed by atoms with van der Waals surface area (Å²) < 4.78 is 27.5. The fourth-order valence-corrected chi connectivity index (χ4v) is 3.16. The third-order valence-corrected chi connectivity index (χ3v) is 4.84. The maximum Gasteiger partial charge on any atom is 0.329 e. The molecule has 0 radical (unpaired) electrons. The van der Waals surface area contributed by atoms with E-state index in [-0.39, 0.29) is 37.2 Å². The number of ether oxygens (including phenoxy) is 5. The predicted octanol–water partition coefficient (Wildman–Crippen LogP) is 1.05. The molecule has 1 aliphatic heterocycles. The first-order valence-electron chi connectivity index (χ1n) is 9.86. The fraction of sp³-hybridized carbons (Fsp3) is 0.895. The lowest BCUT2D eigenvalue weighted by Gasteiger charge is -2.44. The van der Waals surface area contributed by atoms with Gasteiger partial charge in [0.15, 0.2) is 6.29 Å². The quantitative estimate of drug-likeness (QED) is 0.413. The van der Waals surface area contributed by atoms with Crippen molar-refractivity contribution in [3.05, 3.63) is 0 Å². The molecular weight excluding hydrogens is 370 g/mol. The molecule has 164 valence electrons. The van der Waals surface area contributed by atoms with E-state index in [2.05, 4.69) is 26.1 Å². The van der Waals surface area contributed by atoms with Crippen LogP contribution in [0.4, 0.5) is 0 Å². The molecule has 1 fully saturated rings. The predicted molar refractivity (Wildman–Crippen MR) is 101 cm³/mol. The fourth-order valence-electron chi connectivity index (χ4n) is 3.16. The molecule has 0 aromatic rings. The summed E-state index contributed by atoms with van der Waals surface area (Å²) >= 11 is 0. The number of amides is 1. The molecule has 9 heteroatoms. The van der Waals surface area contributed by atoms with Crippen LogP contribution in [-0.2, 0) is 33.3 Å². The van der Waals surface area contributed by atoms with Crippen LogP contribution >= 0.6 is 0 Å². The highest BCUT2D eigenvalue weighted by atomic mass is 16.7. The van der Waals surface area contributed by atoms with Gasteiger partial charge in [0.2, 0.25) is 5.91 Å². The summed E-state index contributed by atoms with van der Waals surface area (Å²) in [6, 6.07) is -0.190. The Hall–Kier alpha value is -1.26. The Labute approximate surface area is 167 Å². The lowest BCUT2D eigenvalue weighted by atomic mass is 9.81. The monoisotopic (exact) mass is 405 g/mol. The minimum absolute atomic E-state index is 0.0997. The highest BCUT2D eigenvalue weighted by Gasteiger charge is 2.41. The van der Waals surface area contributed by atoms with Crippen LogP contribution in [0.3, 0.4) is 0 Å². The third-order valence-electron chi connectivity index (χ3n) is 4.84. The van der Waals surface area contributed by atoms with Gasteiger partial charge in [-0.15, -0.1) is 0 Å². The molecular formula is C19H35NO8. The summed E-state index contributed by atoms with van der Waals surface area (Å²) in [5.74, 6) is -0.531. The van der Waals surface area contributed by atoms with Crippen molar-refractivity contribution in [2.75, 3.05) is 46.2 Å². The Kier molecular flexibility index (Phi) is 12.2. The van der Waals surface area contributed by atoms with Gasteiger partial charge in [-0.05, 0) is 18.3 Å². The van der Waals surface area contributed by atoms with Crippen LogP contribution in [0.2, 0.25) is 0 Å². The molecule has 0 saturated carbocycles. The average Bonchev–Trinajstić information content (AvgIpc) is 2.64. The molecule has 0 bridgehead atoms. The molecule has 1 heterocycles. The van der Waals surface area contributed by atoms with Gasteiger partial charge in [0, 0.05) is 6.92 Å². The van der Waals surface area contributed by atoms with Crippen LogP contribution in [0.5, 0.6) is 0 Å². The van der Waals surface area contributed by atoms with Crippen molar-refractivity contribution in [3.63, 3.8) is 0 Å². The molecule has 9 nitrogen and oxygen atoms in total. The van der Waals surface area contributed by atoms with Gasteiger partial charge in [0.1, 0.15) is 6.61 Å². The first-order chi connectivity index (χ1) is 13.4. The van der Waals surface area contributed by atoms with Crippen LogP contribution in [0.25, 0.3) is 0 Å². The van der Waals surface area contributed by atoms with E-state index in [1.165, 1.54) is 6.92 Å². The van der Waals surface area contributed by atoms with Gasteiger partial charge in [-0.2, -0.15) is 0 Å². The topological polar surface area (TPSA) is 113 Å². The number of carbonyl (C=O) groups excluding carboxylic acids is 1. The van der Waals surface area contributed by atoms with E-state index in [4.69, 9.17) is 28.8 Å². The van der Waals surface area contributed by atoms with Gasteiger partial charge in [-0.25, -0.2) is 4.79 Å². The Morgan fingerprint density at radius 1 is 0.964 bits per heavy atom. The molecule has 5 atom stereocenters. The zero-order valence-electron chi connectivity index (χ0n) is 17.3. The molecule has 1 aliphatic rings. The van der Waals surface area contributed by atoms with E-state index < -0.39 is 12.3 Å². The Morgan fingerprint density at radius 2 is 1.54 bits per heavy atom. The van der Waals surface area contributed by atoms with Gasteiger partial charge >= 0.3 is 5.97 Å². The first-order valence-corrected chi connectivity index (χ1v) is 9.86. The summed E-state index contributed by atoms with van der Waals surface area (Å²) in [6.45, 7) is 9.56. The summed E-state index contributed by atoms with van der Waals surface area (Å²) in [5, 5.41) is 11.4. The van der Waals surface area contributed by atoms with E-state index >= 15 is 0 Å². The van der Waals surface area contributed by atoms with Crippen LogP contribution in [-0.4, -0.2) is 81.7 Å². The van der Waals surface area contributed by atoms with Crippen molar-refractivity contribution >= 4 is 11.9 Å². The van der Waals surface area contributed by atoms with Crippen LogP contribution < -0.4 is 5.32 Å². The average molecular weight is 405 g/mol. The maximum atomic E-state index is 11.5. The van der Waals surface area contributed by atoms with E-state index in [1.54, 1.807) is 0 Å². The Balaban J connectivity index is 2.20. The van der Waals surface area contributed by atoms with Gasteiger partial charge in [0.05, 0.1) is 51.8 Å². The molecule has 0 aromatic heterocycles. The molecule has 0 aliphatic carbocycles.